The third-order valence-corrected chi connectivity index (χ3v) is 3.95. The maximum Gasteiger partial charge on any atom is 0.410 e. The maximum atomic E-state index is 12.2. The molecule has 1 saturated heterocycles. The van der Waals surface area contributed by atoms with Crippen LogP contribution in [0.1, 0.15) is 51.0 Å². The Morgan fingerprint density at radius 3 is 2.78 bits per heavy atom. The minimum Gasteiger partial charge on any atom is -0.444 e. The molecule has 2 heterocycles. The molecule has 130 valence electrons. The van der Waals surface area contributed by atoms with E-state index >= 15 is 0 Å². The number of rotatable bonds is 4. The summed E-state index contributed by atoms with van der Waals surface area (Å²) in [5.41, 5.74) is 0.499. The second-order valence-electron chi connectivity index (χ2n) is 7.31. The van der Waals surface area contributed by atoms with Gasteiger partial charge in [0.1, 0.15) is 11.4 Å². The highest BCUT2D eigenvalue weighted by Crippen LogP contribution is 2.19. The Bertz CT molecular complexity index is 514. The molecule has 1 N–H and O–H groups in total. The number of nitrogens with zero attached hydrogens (tertiary/aromatic N) is 2. The maximum absolute atomic E-state index is 12.2. The average molecular weight is 323 g/mol. The van der Waals surface area contributed by atoms with Crippen LogP contribution in [-0.4, -0.2) is 41.2 Å². The van der Waals surface area contributed by atoms with Crippen molar-refractivity contribution in [3.8, 4) is 0 Å². The van der Waals surface area contributed by atoms with Gasteiger partial charge in [-0.3, -0.25) is 0 Å². The molecule has 1 aromatic heterocycles. The quantitative estimate of drug-likeness (QED) is 0.922. The van der Waals surface area contributed by atoms with Crippen LogP contribution in [0.5, 0.6) is 0 Å². The smallest absolute Gasteiger partial charge is 0.410 e. The Morgan fingerprint density at radius 2 is 2.17 bits per heavy atom. The Hall–Kier alpha value is -1.56. The third kappa shape index (κ3) is 5.53. The summed E-state index contributed by atoms with van der Waals surface area (Å²) < 4.78 is 11.0. The van der Waals surface area contributed by atoms with Crippen LogP contribution in [0.25, 0.3) is 0 Å². The van der Waals surface area contributed by atoms with E-state index in [2.05, 4.69) is 10.3 Å². The Morgan fingerprint density at radius 1 is 1.43 bits per heavy atom. The van der Waals surface area contributed by atoms with Crippen LogP contribution in [0.4, 0.5) is 4.79 Å². The number of ether oxygens (including phenoxy) is 1. The minimum absolute atomic E-state index is 0.207. The van der Waals surface area contributed by atoms with Gasteiger partial charge in [0.2, 0.25) is 5.89 Å². The fraction of sp³-hybridized carbons (Fsp3) is 0.765. The molecular weight excluding hydrogens is 294 g/mol. The zero-order chi connectivity index (χ0) is 17.0. The van der Waals surface area contributed by atoms with E-state index in [-0.39, 0.29) is 6.09 Å². The first-order chi connectivity index (χ1) is 10.7. The summed E-state index contributed by atoms with van der Waals surface area (Å²) in [6, 6.07) is 0. The van der Waals surface area contributed by atoms with Crippen LogP contribution < -0.4 is 5.32 Å². The van der Waals surface area contributed by atoms with Crippen LogP contribution >= 0.6 is 0 Å². The first kappa shape index (κ1) is 17.8. The predicted molar refractivity (Wildman–Crippen MR) is 88.2 cm³/mol. The normalized spacial score (nSPS) is 19.0. The van der Waals surface area contributed by atoms with E-state index < -0.39 is 5.60 Å². The van der Waals surface area contributed by atoms with Gasteiger partial charge in [-0.25, -0.2) is 9.78 Å². The minimum atomic E-state index is -0.442. The van der Waals surface area contributed by atoms with Crippen molar-refractivity contribution >= 4 is 6.09 Å². The summed E-state index contributed by atoms with van der Waals surface area (Å²) in [4.78, 5) is 18.3. The van der Waals surface area contributed by atoms with Gasteiger partial charge < -0.3 is 19.4 Å². The standard InChI is InChI=1S/C17H29N3O3/c1-12-13(2)22-15(19-12)10-18-9-14-7-6-8-20(11-14)16(21)23-17(3,4)5/h14,18H,6-11H2,1-5H3. The third-order valence-electron chi connectivity index (χ3n) is 3.95. The second-order valence-corrected chi connectivity index (χ2v) is 7.31. The largest absolute Gasteiger partial charge is 0.444 e. The number of aryl methyl sites for hydroxylation is 2. The molecule has 0 saturated carbocycles. The highest BCUT2D eigenvalue weighted by atomic mass is 16.6. The monoisotopic (exact) mass is 323 g/mol. The molecule has 1 fully saturated rings. The van der Waals surface area contributed by atoms with Gasteiger partial charge in [-0.15, -0.1) is 0 Å². The molecule has 1 aliphatic heterocycles. The van der Waals surface area contributed by atoms with Gasteiger partial charge in [-0.2, -0.15) is 0 Å². The summed E-state index contributed by atoms with van der Waals surface area (Å²) in [6.07, 6.45) is 1.93. The fourth-order valence-electron chi connectivity index (χ4n) is 2.72. The molecule has 0 aromatic carbocycles. The fourth-order valence-corrected chi connectivity index (χ4v) is 2.72. The van der Waals surface area contributed by atoms with Crippen LogP contribution in [-0.2, 0) is 11.3 Å². The lowest BCUT2D eigenvalue weighted by Crippen LogP contribution is -2.45. The zero-order valence-electron chi connectivity index (χ0n) is 14.9. The first-order valence-corrected chi connectivity index (χ1v) is 8.36. The Labute approximate surface area is 138 Å². The summed E-state index contributed by atoms with van der Waals surface area (Å²) in [5.74, 6) is 2.03. The second kappa shape index (κ2) is 7.34. The number of carbonyl (C=O) groups is 1. The van der Waals surface area contributed by atoms with E-state index in [0.29, 0.717) is 12.5 Å². The van der Waals surface area contributed by atoms with E-state index in [1.165, 1.54) is 0 Å². The molecule has 1 aromatic rings. The van der Waals surface area contributed by atoms with Crippen LogP contribution in [0, 0.1) is 19.8 Å². The number of carbonyl (C=O) groups excluding carboxylic acids is 1. The van der Waals surface area contributed by atoms with Crippen molar-refractivity contribution in [2.24, 2.45) is 5.92 Å². The van der Waals surface area contributed by atoms with Crippen molar-refractivity contribution < 1.29 is 13.9 Å². The summed E-state index contributed by atoms with van der Waals surface area (Å²) in [5, 5.41) is 3.38. The number of hydrogen-bond acceptors (Lipinski definition) is 5. The van der Waals surface area contributed by atoms with Gasteiger partial charge >= 0.3 is 6.09 Å². The first-order valence-electron chi connectivity index (χ1n) is 8.36. The van der Waals surface area contributed by atoms with Crippen LogP contribution in [0.2, 0.25) is 0 Å². The van der Waals surface area contributed by atoms with Crippen molar-refractivity contribution in [2.75, 3.05) is 19.6 Å². The molecule has 6 nitrogen and oxygen atoms in total. The van der Waals surface area contributed by atoms with Gasteiger partial charge in [0.15, 0.2) is 0 Å². The van der Waals surface area contributed by atoms with Gasteiger partial charge in [-0.1, -0.05) is 0 Å². The number of piperidine rings is 1. The van der Waals surface area contributed by atoms with Crippen LogP contribution in [0.3, 0.4) is 0 Å². The van der Waals surface area contributed by atoms with E-state index in [4.69, 9.17) is 9.15 Å². The van der Waals surface area contributed by atoms with Crippen molar-refractivity contribution in [1.82, 2.24) is 15.2 Å². The predicted octanol–water partition coefficient (Wildman–Crippen LogP) is 3.03. The average Bonchev–Trinajstić information content (AvgIpc) is 2.76. The van der Waals surface area contributed by atoms with Gasteiger partial charge in [-0.05, 0) is 53.4 Å². The summed E-state index contributed by atoms with van der Waals surface area (Å²) >= 11 is 0. The van der Waals surface area contributed by atoms with Gasteiger partial charge in [0.25, 0.3) is 0 Å². The molecule has 1 amide bonds. The van der Waals surface area contributed by atoms with Gasteiger partial charge in [0, 0.05) is 19.6 Å². The van der Waals surface area contributed by atoms with E-state index in [0.717, 1.165) is 49.8 Å². The number of oxazole rings is 1. The number of likely N-dealkylation sites (tertiary alicyclic amines) is 1. The molecule has 1 atom stereocenters. The van der Waals surface area contributed by atoms with E-state index in [1.54, 1.807) is 0 Å². The number of nitrogens with one attached hydrogen (secondary N) is 1. The molecule has 0 bridgehead atoms. The summed E-state index contributed by atoms with van der Waals surface area (Å²) in [6.45, 7) is 12.6. The van der Waals surface area contributed by atoms with E-state index in [1.807, 2.05) is 39.5 Å². The van der Waals surface area contributed by atoms with Crippen molar-refractivity contribution in [3.63, 3.8) is 0 Å². The molecule has 1 unspecified atom stereocenters. The molecule has 0 aliphatic carbocycles. The topological polar surface area (TPSA) is 67.6 Å². The van der Waals surface area contributed by atoms with Crippen LogP contribution in [0.15, 0.2) is 4.42 Å². The van der Waals surface area contributed by atoms with Gasteiger partial charge in [0.05, 0.1) is 12.2 Å². The Balaban J connectivity index is 1.76. The highest BCUT2D eigenvalue weighted by molar-refractivity contribution is 5.68. The number of hydrogen-bond donors (Lipinski definition) is 1. The van der Waals surface area contributed by atoms with E-state index in [9.17, 15) is 4.79 Å². The molecule has 23 heavy (non-hydrogen) atoms. The lowest BCUT2D eigenvalue weighted by atomic mass is 9.98. The molecule has 6 heteroatoms. The molecule has 2 rings (SSSR count). The molecule has 1 aliphatic rings. The highest BCUT2D eigenvalue weighted by Gasteiger charge is 2.27. The number of amides is 1. The molecular formula is C17H29N3O3. The Kier molecular flexibility index (Phi) is 5.68. The lowest BCUT2D eigenvalue weighted by molar-refractivity contribution is 0.0166. The van der Waals surface area contributed by atoms with Crippen molar-refractivity contribution in [1.29, 1.82) is 0 Å². The molecule has 0 radical (unpaired) electrons. The summed E-state index contributed by atoms with van der Waals surface area (Å²) in [7, 11) is 0. The molecule has 0 spiro atoms. The van der Waals surface area contributed by atoms with Crippen molar-refractivity contribution in [2.45, 2.75) is 59.6 Å². The number of aromatic nitrogens is 1. The zero-order valence-corrected chi connectivity index (χ0v) is 14.9. The lowest BCUT2D eigenvalue weighted by Gasteiger charge is -2.34. The van der Waals surface area contributed by atoms with Crippen molar-refractivity contribution in [3.05, 3.63) is 17.3 Å². The SMILES string of the molecule is Cc1nc(CNCC2CCCN(C(=O)OC(C)(C)C)C2)oc1C.